The van der Waals surface area contributed by atoms with Crippen molar-refractivity contribution in [2.24, 2.45) is 0 Å². The van der Waals surface area contributed by atoms with Crippen molar-refractivity contribution in [3.8, 4) is 33.4 Å². The van der Waals surface area contributed by atoms with Crippen molar-refractivity contribution in [3.63, 3.8) is 0 Å². The number of hydrogen-bond donors (Lipinski definition) is 0. The molecular formula is C48H32. The second-order valence-electron chi connectivity index (χ2n) is 11.1. The molecule has 0 amide bonds. The SMILES string of the molecule is [2H]c1c([2H])c([2H])c(C2(C)c3c([2H])c([2H])c([2H])c([2H])c3-c3c([2H])c([2H])c(-c4c([2H])c([2H])c5c([2H])c([2H])c(-c6c7c([2H])c([2H])c([2H])c([2H])c7c([2H])c7c6c([2H])c([2H])c6c([2H])c([2H])c([2H])c([2H])c67)c([2H])c5c4[2H])c([2H])c32)c([2H])c1[2H]. The summed E-state index contributed by atoms with van der Waals surface area (Å²) in [5, 5.41) is -5.16. The maximum Gasteiger partial charge on any atom is 0.0636 e. The Morgan fingerprint density at radius 3 is 1.88 bits per heavy atom. The Morgan fingerprint density at radius 2 is 1.00 bits per heavy atom. The normalized spacial score (nSPS) is 23.7. The van der Waals surface area contributed by atoms with E-state index < -0.39 is 274 Å². The summed E-state index contributed by atoms with van der Waals surface area (Å²) < 4.78 is 263. The minimum absolute atomic E-state index is 0.448. The molecule has 0 saturated heterocycles. The van der Waals surface area contributed by atoms with Crippen LogP contribution in [0.3, 0.4) is 0 Å². The second kappa shape index (κ2) is 10.3. The molecule has 48 heavy (non-hydrogen) atoms. The molecule has 0 saturated carbocycles. The van der Waals surface area contributed by atoms with Gasteiger partial charge in [-0.25, -0.2) is 0 Å². The Balaban J connectivity index is 1.43. The molecule has 0 bridgehead atoms. The van der Waals surface area contributed by atoms with Crippen LogP contribution in [0.2, 0.25) is 0 Å². The Morgan fingerprint density at radius 1 is 0.375 bits per heavy atom. The van der Waals surface area contributed by atoms with Crippen LogP contribution in [-0.2, 0) is 5.41 Å². The third-order valence-electron chi connectivity index (χ3n) is 8.56. The van der Waals surface area contributed by atoms with Crippen molar-refractivity contribution in [2.45, 2.75) is 12.3 Å². The van der Waals surface area contributed by atoms with E-state index in [9.17, 15) is 16.4 Å². The molecule has 0 aliphatic heterocycles. The van der Waals surface area contributed by atoms with Crippen LogP contribution in [0.4, 0.5) is 0 Å². The molecule has 10 rings (SSSR count). The first-order valence-electron chi connectivity index (χ1n) is 29.0. The van der Waals surface area contributed by atoms with Crippen molar-refractivity contribution in [2.75, 3.05) is 0 Å². The van der Waals surface area contributed by atoms with E-state index in [2.05, 4.69) is 0 Å². The minimum Gasteiger partial charge on any atom is -0.0622 e. The number of benzene rings is 9. The lowest BCUT2D eigenvalue weighted by Gasteiger charge is -2.28. The van der Waals surface area contributed by atoms with Crippen LogP contribution in [0, 0.1) is 0 Å². The van der Waals surface area contributed by atoms with Crippen molar-refractivity contribution in [3.05, 3.63) is 192 Å². The van der Waals surface area contributed by atoms with E-state index in [-0.39, 0.29) is 0 Å². The molecule has 1 aliphatic rings. The Labute approximate surface area is 321 Å². The third-order valence-corrected chi connectivity index (χ3v) is 8.56. The molecule has 0 spiro atoms. The average molecular weight is 638 g/mol. The Kier molecular flexibility index (Phi) is 2.36. The van der Waals surface area contributed by atoms with E-state index in [0.717, 1.165) is 0 Å². The first-order valence-corrected chi connectivity index (χ1v) is 14.5. The fourth-order valence-corrected chi connectivity index (χ4v) is 6.28. The zero-order chi connectivity index (χ0) is 57.1. The van der Waals surface area contributed by atoms with Crippen LogP contribution in [0.15, 0.2) is 175 Å². The maximum atomic E-state index is 9.96. The molecule has 9 aromatic rings. The lowest BCUT2D eigenvalue weighted by molar-refractivity contribution is 0.714. The van der Waals surface area contributed by atoms with Crippen LogP contribution >= 0.6 is 0 Å². The van der Waals surface area contributed by atoms with E-state index in [0.29, 0.717) is 0 Å². The second-order valence-corrected chi connectivity index (χ2v) is 11.1. The number of rotatable bonds is 3. The topological polar surface area (TPSA) is 0 Å². The van der Waals surface area contributed by atoms with E-state index in [1.165, 1.54) is 6.92 Å². The molecule has 0 aromatic heterocycles. The molecule has 1 aliphatic carbocycles. The standard InChI is InChI=1S/C48H32/c1-48(38-13-3-2-4-14-38)45-18-10-9-17-41(45)42-25-24-34(30-46(42)48)33-21-19-31-20-22-36(28-37(31)27-33)47-40-16-8-6-12-35(40)29-44-39-15-7-5-11-32(39)23-26-43(44)47/h2-30H,1H3/i2D,3D,4D,5D,6D,7D,8D,9D,10D,11D,12D,13D,14D,15D,16D,17D,18D,19D,20D,21D,22D,23D,24D,25D,26D,27D,28D,29D,30D. The highest BCUT2D eigenvalue weighted by Crippen LogP contribution is 2.53. The van der Waals surface area contributed by atoms with Crippen LogP contribution in [0.25, 0.3) is 76.5 Å². The quantitative estimate of drug-likeness (QED) is 0.134. The van der Waals surface area contributed by atoms with Crippen LogP contribution in [-0.4, -0.2) is 0 Å². The first kappa shape index (κ1) is 11.0. The summed E-state index contributed by atoms with van der Waals surface area (Å²) in [5.74, 6) is 0. The number of hydrogen-bond acceptors (Lipinski definition) is 0. The van der Waals surface area contributed by atoms with Gasteiger partial charge in [0.1, 0.15) is 0 Å². The molecule has 1 atom stereocenters. The molecular weight excluding hydrogens is 577 g/mol. The van der Waals surface area contributed by atoms with Gasteiger partial charge < -0.3 is 0 Å². The summed E-state index contributed by atoms with van der Waals surface area (Å²) in [4.78, 5) is 0. The van der Waals surface area contributed by atoms with Gasteiger partial charge in [0, 0.05) is 5.41 Å². The van der Waals surface area contributed by atoms with Gasteiger partial charge in [0.25, 0.3) is 0 Å². The van der Waals surface area contributed by atoms with E-state index in [1.807, 2.05) is 0 Å². The first-order chi connectivity index (χ1) is 35.8. The summed E-state index contributed by atoms with van der Waals surface area (Å²) >= 11 is 0. The molecule has 0 radical (unpaired) electrons. The van der Waals surface area contributed by atoms with Gasteiger partial charge in [-0.15, -0.1) is 0 Å². The molecule has 1 unspecified atom stereocenters. The fourth-order valence-electron chi connectivity index (χ4n) is 6.28. The molecule has 0 nitrogen and oxygen atoms in total. The molecule has 0 N–H and O–H groups in total. The van der Waals surface area contributed by atoms with Gasteiger partial charge in [0.05, 0.1) is 39.8 Å². The van der Waals surface area contributed by atoms with Gasteiger partial charge in [0.2, 0.25) is 0 Å². The summed E-state index contributed by atoms with van der Waals surface area (Å²) in [6.45, 7) is 1.19. The largest absolute Gasteiger partial charge is 0.0636 e. The van der Waals surface area contributed by atoms with Crippen LogP contribution in [0.5, 0.6) is 0 Å². The highest BCUT2D eigenvalue weighted by atomic mass is 14.4. The van der Waals surface area contributed by atoms with Crippen molar-refractivity contribution < 1.29 is 39.8 Å². The van der Waals surface area contributed by atoms with Gasteiger partial charge in [-0.2, -0.15) is 0 Å². The summed E-state index contributed by atoms with van der Waals surface area (Å²) in [6.07, 6.45) is 0. The number of fused-ring (bicyclic) bond motifs is 8. The predicted octanol–water partition coefficient (Wildman–Crippen LogP) is 13.0. The highest BCUT2D eigenvalue weighted by molar-refractivity contribution is 6.20. The lowest BCUT2D eigenvalue weighted by atomic mass is 9.74. The molecule has 0 heterocycles. The summed E-state index contributed by atoms with van der Waals surface area (Å²) in [6, 6.07) is -26.1. The lowest BCUT2D eigenvalue weighted by Crippen LogP contribution is -2.22. The van der Waals surface area contributed by atoms with Gasteiger partial charge >= 0.3 is 0 Å². The van der Waals surface area contributed by atoms with E-state index >= 15 is 0 Å². The smallest absolute Gasteiger partial charge is 0.0622 e. The average Bonchev–Trinajstić information content (AvgIpc) is 3.96. The third kappa shape index (κ3) is 3.90. The van der Waals surface area contributed by atoms with Gasteiger partial charge in [-0.05, 0) is 124 Å². The van der Waals surface area contributed by atoms with Gasteiger partial charge in [-0.3, -0.25) is 0 Å². The molecule has 224 valence electrons. The molecule has 0 fully saturated rings. The van der Waals surface area contributed by atoms with Crippen molar-refractivity contribution in [1.29, 1.82) is 0 Å². The monoisotopic (exact) mass is 637 g/mol. The molecule has 0 heteroatoms. The highest BCUT2D eigenvalue weighted by Gasteiger charge is 2.40. The summed E-state index contributed by atoms with van der Waals surface area (Å²) in [5.41, 5.74) is -8.16. The van der Waals surface area contributed by atoms with Crippen LogP contribution in [0.1, 0.15) is 63.4 Å². The Hall–Kier alpha value is -5.98. The molecule has 9 aromatic carbocycles. The zero-order valence-electron chi connectivity index (χ0n) is 53.5. The van der Waals surface area contributed by atoms with Gasteiger partial charge in [-0.1, -0.05) is 151 Å². The van der Waals surface area contributed by atoms with E-state index in [4.69, 9.17) is 23.3 Å². The Bertz CT molecular complexity index is 4360. The minimum atomic E-state index is -2.39. The van der Waals surface area contributed by atoms with Gasteiger partial charge in [0.15, 0.2) is 0 Å². The van der Waals surface area contributed by atoms with Crippen LogP contribution < -0.4 is 0 Å². The maximum absolute atomic E-state index is 9.96. The van der Waals surface area contributed by atoms with Crippen molar-refractivity contribution in [1.82, 2.24) is 0 Å². The predicted molar refractivity (Wildman–Crippen MR) is 205 cm³/mol. The zero-order valence-corrected chi connectivity index (χ0v) is 24.5. The van der Waals surface area contributed by atoms with Crippen molar-refractivity contribution >= 4 is 43.1 Å². The fraction of sp³-hybridized carbons (Fsp3) is 0.0417. The van der Waals surface area contributed by atoms with E-state index in [1.54, 1.807) is 0 Å². The summed E-state index contributed by atoms with van der Waals surface area (Å²) in [7, 11) is 0.